The van der Waals surface area contributed by atoms with E-state index < -0.39 is 5.60 Å². The lowest BCUT2D eigenvalue weighted by Gasteiger charge is -2.26. The fourth-order valence-electron chi connectivity index (χ4n) is 2.25. The van der Waals surface area contributed by atoms with Crippen LogP contribution in [0.25, 0.3) is 0 Å². The van der Waals surface area contributed by atoms with Crippen molar-refractivity contribution in [1.29, 1.82) is 0 Å². The maximum absolute atomic E-state index is 12.3. The van der Waals surface area contributed by atoms with E-state index in [0.717, 1.165) is 30.8 Å². The Labute approximate surface area is 140 Å². The molecule has 5 heteroatoms. The van der Waals surface area contributed by atoms with Gasteiger partial charge in [0.2, 0.25) is 0 Å². The molecule has 1 aromatic rings. The fourth-order valence-corrected chi connectivity index (χ4v) is 2.25. The second-order valence-corrected chi connectivity index (χ2v) is 6.17. The average molecular weight is 322 g/mol. The molecule has 0 heterocycles. The first-order valence-corrected chi connectivity index (χ1v) is 8.15. The summed E-state index contributed by atoms with van der Waals surface area (Å²) in [5.74, 6) is 0.686. The van der Waals surface area contributed by atoms with Gasteiger partial charge >= 0.3 is 0 Å². The third kappa shape index (κ3) is 6.59. The van der Waals surface area contributed by atoms with Crippen LogP contribution in [0.5, 0.6) is 5.75 Å². The lowest BCUT2D eigenvalue weighted by atomic mass is 9.99. The molecular weight excluding hydrogens is 292 g/mol. The normalized spacial score (nSPS) is 13.7. The van der Waals surface area contributed by atoms with Crippen molar-refractivity contribution in [1.82, 2.24) is 4.90 Å². The maximum atomic E-state index is 12.3. The number of nitrogens with one attached hydrogen (secondary N) is 1. The number of hydrogen-bond acceptors (Lipinski definition) is 4. The topological polar surface area (TPSA) is 50.8 Å². The van der Waals surface area contributed by atoms with E-state index in [9.17, 15) is 4.79 Å². The summed E-state index contributed by atoms with van der Waals surface area (Å²) in [5.41, 5.74) is -0.0501. The van der Waals surface area contributed by atoms with Crippen LogP contribution in [0.1, 0.15) is 33.1 Å². The van der Waals surface area contributed by atoms with Crippen LogP contribution in [-0.4, -0.2) is 50.8 Å². The van der Waals surface area contributed by atoms with Gasteiger partial charge in [-0.25, -0.2) is 0 Å². The van der Waals surface area contributed by atoms with Crippen LogP contribution in [0.4, 0.5) is 5.69 Å². The third-order valence-corrected chi connectivity index (χ3v) is 3.79. The molecule has 0 spiro atoms. The van der Waals surface area contributed by atoms with Crippen LogP contribution in [-0.2, 0) is 9.53 Å². The van der Waals surface area contributed by atoms with Crippen molar-refractivity contribution in [2.75, 3.05) is 39.7 Å². The van der Waals surface area contributed by atoms with Gasteiger partial charge in [-0.15, -0.1) is 0 Å². The molecule has 1 N–H and O–H groups in total. The molecule has 0 radical (unpaired) electrons. The largest absolute Gasteiger partial charge is 0.494 e. The van der Waals surface area contributed by atoms with E-state index in [2.05, 4.69) is 10.2 Å². The van der Waals surface area contributed by atoms with Crippen molar-refractivity contribution in [3.05, 3.63) is 24.3 Å². The lowest BCUT2D eigenvalue weighted by molar-refractivity contribution is -0.136. The van der Waals surface area contributed by atoms with Gasteiger partial charge in [-0.05, 0) is 58.1 Å². The molecule has 0 saturated heterocycles. The molecule has 0 aliphatic carbocycles. The Morgan fingerprint density at radius 2 is 1.91 bits per heavy atom. The van der Waals surface area contributed by atoms with Gasteiger partial charge in [0, 0.05) is 19.3 Å². The first kappa shape index (κ1) is 19.5. The molecular formula is C18H30N2O3. The van der Waals surface area contributed by atoms with Crippen LogP contribution in [0.15, 0.2) is 24.3 Å². The minimum Gasteiger partial charge on any atom is -0.494 e. The Kier molecular flexibility index (Phi) is 8.06. The molecule has 0 saturated carbocycles. The van der Waals surface area contributed by atoms with Crippen LogP contribution in [0.2, 0.25) is 0 Å². The van der Waals surface area contributed by atoms with Gasteiger partial charge in [-0.3, -0.25) is 4.79 Å². The zero-order valence-corrected chi connectivity index (χ0v) is 15.0. The summed E-state index contributed by atoms with van der Waals surface area (Å²) in [4.78, 5) is 14.5. The summed E-state index contributed by atoms with van der Waals surface area (Å²) < 4.78 is 11.1. The van der Waals surface area contributed by atoms with E-state index in [4.69, 9.17) is 9.47 Å². The standard InChI is InChI=1S/C18H30N2O3/c1-6-12-18(2,22-5)17(21)19-15-8-10-16(11-9-15)23-14-7-13-20(3)4/h8-11H,6-7,12-14H2,1-5H3,(H,19,21). The Bertz CT molecular complexity index is 474. The van der Waals surface area contributed by atoms with E-state index in [-0.39, 0.29) is 5.91 Å². The van der Waals surface area contributed by atoms with E-state index >= 15 is 0 Å². The number of rotatable bonds is 10. The Balaban J connectivity index is 2.51. The van der Waals surface area contributed by atoms with Crippen LogP contribution in [0, 0.1) is 0 Å². The minimum absolute atomic E-state index is 0.124. The molecule has 23 heavy (non-hydrogen) atoms. The number of benzene rings is 1. The summed E-state index contributed by atoms with van der Waals surface area (Å²) in [6.07, 6.45) is 2.55. The zero-order chi connectivity index (χ0) is 17.3. The molecule has 0 aliphatic heterocycles. The highest BCUT2D eigenvalue weighted by Crippen LogP contribution is 2.21. The number of amides is 1. The van der Waals surface area contributed by atoms with Gasteiger partial charge in [-0.2, -0.15) is 0 Å². The Morgan fingerprint density at radius 3 is 2.43 bits per heavy atom. The highest BCUT2D eigenvalue weighted by molar-refractivity contribution is 5.97. The first-order valence-electron chi connectivity index (χ1n) is 8.15. The summed E-state index contributed by atoms with van der Waals surface area (Å²) in [6.45, 7) is 5.53. The highest BCUT2D eigenvalue weighted by Gasteiger charge is 2.31. The number of anilines is 1. The minimum atomic E-state index is -0.796. The number of hydrogen-bond donors (Lipinski definition) is 1. The van der Waals surface area contributed by atoms with Gasteiger partial charge in [0.25, 0.3) is 5.91 Å². The number of ether oxygens (including phenoxy) is 2. The van der Waals surface area contributed by atoms with Gasteiger partial charge in [0.1, 0.15) is 11.4 Å². The number of carbonyl (C=O) groups excluding carboxylic acids is 1. The molecule has 0 aromatic heterocycles. The van der Waals surface area contributed by atoms with Crippen molar-refractivity contribution in [3.8, 4) is 5.75 Å². The van der Waals surface area contributed by atoms with Crippen molar-refractivity contribution < 1.29 is 14.3 Å². The van der Waals surface area contributed by atoms with Gasteiger partial charge in [0.15, 0.2) is 0 Å². The summed E-state index contributed by atoms with van der Waals surface area (Å²) in [5, 5.41) is 2.90. The molecule has 0 bridgehead atoms. The van der Waals surface area contributed by atoms with Crippen LogP contribution < -0.4 is 10.1 Å². The van der Waals surface area contributed by atoms with Gasteiger partial charge < -0.3 is 19.7 Å². The van der Waals surface area contributed by atoms with Crippen molar-refractivity contribution in [2.45, 2.75) is 38.7 Å². The van der Waals surface area contributed by atoms with Gasteiger partial charge in [0.05, 0.1) is 6.61 Å². The summed E-state index contributed by atoms with van der Waals surface area (Å²) >= 11 is 0. The van der Waals surface area contributed by atoms with Gasteiger partial charge in [-0.1, -0.05) is 13.3 Å². The Hall–Kier alpha value is -1.59. The van der Waals surface area contributed by atoms with E-state index in [1.165, 1.54) is 0 Å². The molecule has 1 amide bonds. The van der Waals surface area contributed by atoms with Crippen molar-refractivity contribution in [3.63, 3.8) is 0 Å². The average Bonchev–Trinajstić information content (AvgIpc) is 2.53. The predicted molar refractivity (Wildman–Crippen MR) is 94.1 cm³/mol. The number of nitrogens with zero attached hydrogens (tertiary/aromatic N) is 1. The second-order valence-electron chi connectivity index (χ2n) is 6.17. The molecule has 1 unspecified atom stereocenters. The van der Waals surface area contributed by atoms with Crippen LogP contribution >= 0.6 is 0 Å². The predicted octanol–water partition coefficient (Wildman–Crippen LogP) is 3.16. The number of carbonyl (C=O) groups is 1. The first-order chi connectivity index (χ1) is 10.9. The molecule has 1 atom stereocenters. The fraction of sp³-hybridized carbons (Fsp3) is 0.611. The zero-order valence-electron chi connectivity index (χ0n) is 15.0. The maximum Gasteiger partial charge on any atom is 0.256 e. The monoisotopic (exact) mass is 322 g/mol. The highest BCUT2D eigenvalue weighted by atomic mass is 16.5. The van der Waals surface area contributed by atoms with Crippen molar-refractivity contribution in [2.24, 2.45) is 0 Å². The third-order valence-electron chi connectivity index (χ3n) is 3.79. The quantitative estimate of drug-likeness (QED) is 0.672. The molecule has 1 aromatic carbocycles. The van der Waals surface area contributed by atoms with E-state index in [1.54, 1.807) is 7.11 Å². The van der Waals surface area contributed by atoms with Crippen molar-refractivity contribution >= 4 is 11.6 Å². The molecule has 5 nitrogen and oxygen atoms in total. The molecule has 0 fully saturated rings. The molecule has 130 valence electrons. The number of methoxy groups -OCH3 is 1. The van der Waals surface area contributed by atoms with Crippen LogP contribution in [0.3, 0.4) is 0 Å². The Morgan fingerprint density at radius 1 is 1.26 bits per heavy atom. The second kappa shape index (κ2) is 9.53. The van der Waals surface area contributed by atoms with E-state index in [1.807, 2.05) is 52.2 Å². The smallest absolute Gasteiger partial charge is 0.256 e. The SMILES string of the molecule is CCCC(C)(OC)C(=O)Nc1ccc(OCCCN(C)C)cc1. The summed E-state index contributed by atoms with van der Waals surface area (Å²) in [6, 6.07) is 7.44. The molecule has 1 rings (SSSR count). The lowest BCUT2D eigenvalue weighted by Crippen LogP contribution is -2.41. The summed E-state index contributed by atoms with van der Waals surface area (Å²) in [7, 11) is 5.66. The molecule has 0 aliphatic rings. The van der Waals surface area contributed by atoms with E-state index in [0.29, 0.717) is 13.0 Å².